The molecule has 1 aromatic rings. The van der Waals surface area contributed by atoms with Crippen LogP contribution in [-0.2, 0) is 11.3 Å². The maximum absolute atomic E-state index is 10.9. The molecule has 1 aromatic carbocycles. The number of hydrogen-bond donors (Lipinski definition) is 1. The Bertz CT molecular complexity index is 314. The van der Waals surface area contributed by atoms with Gasteiger partial charge in [0.25, 0.3) is 0 Å². The van der Waals surface area contributed by atoms with Gasteiger partial charge in [-0.1, -0.05) is 18.2 Å². The zero-order valence-electron chi connectivity index (χ0n) is 8.76. The van der Waals surface area contributed by atoms with E-state index in [9.17, 15) is 4.79 Å². The molecule has 0 saturated carbocycles. The van der Waals surface area contributed by atoms with Crippen molar-refractivity contribution in [2.24, 2.45) is 0 Å². The summed E-state index contributed by atoms with van der Waals surface area (Å²) in [6.07, 6.45) is -0.396. The molecule has 0 unspecified atom stereocenters. The fourth-order valence-corrected chi connectivity index (χ4v) is 1.29. The molecule has 1 amide bonds. The number of carbonyl (C=O) groups excluding carboxylic acids is 1. The minimum Gasteiger partial charge on any atom is -0.445 e. The van der Waals surface area contributed by atoms with Crippen molar-refractivity contribution in [2.45, 2.75) is 20.5 Å². The van der Waals surface area contributed by atoms with E-state index in [-0.39, 0.29) is 0 Å². The molecule has 0 aliphatic carbocycles. The highest BCUT2D eigenvalue weighted by Crippen LogP contribution is 2.14. The van der Waals surface area contributed by atoms with Crippen molar-refractivity contribution in [3.8, 4) is 0 Å². The van der Waals surface area contributed by atoms with E-state index >= 15 is 0 Å². The molecular formula is C11H15NO2. The minimum absolute atomic E-state index is 0.332. The first-order valence-corrected chi connectivity index (χ1v) is 4.54. The van der Waals surface area contributed by atoms with Gasteiger partial charge in [-0.2, -0.15) is 0 Å². The number of benzene rings is 1. The molecule has 3 nitrogen and oxygen atoms in total. The van der Waals surface area contributed by atoms with Gasteiger partial charge in [0, 0.05) is 7.05 Å². The standard InChI is InChI=1S/C11H15NO2/c1-8-5-4-6-9(2)10(8)7-14-11(13)12-3/h4-6H,7H2,1-3H3,(H,12,13). The number of alkyl carbamates (subject to hydrolysis) is 1. The Morgan fingerprint density at radius 3 is 2.43 bits per heavy atom. The third kappa shape index (κ3) is 2.49. The van der Waals surface area contributed by atoms with E-state index in [1.54, 1.807) is 7.05 Å². The highest BCUT2D eigenvalue weighted by Gasteiger charge is 2.04. The second-order valence-electron chi connectivity index (χ2n) is 3.20. The highest BCUT2D eigenvalue weighted by molar-refractivity contribution is 5.66. The first kappa shape index (κ1) is 10.6. The normalized spacial score (nSPS) is 9.64. The van der Waals surface area contributed by atoms with Crippen LogP contribution in [0.25, 0.3) is 0 Å². The number of rotatable bonds is 2. The van der Waals surface area contributed by atoms with Crippen molar-refractivity contribution in [3.05, 3.63) is 34.9 Å². The lowest BCUT2D eigenvalue weighted by Gasteiger charge is -2.09. The van der Waals surface area contributed by atoms with Crippen LogP contribution >= 0.6 is 0 Å². The lowest BCUT2D eigenvalue weighted by Crippen LogP contribution is -2.19. The number of amides is 1. The average molecular weight is 193 g/mol. The monoisotopic (exact) mass is 193 g/mol. The molecule has 0 radical (unpaired) electrons. The van der Waals surface area contributed by atoms with Crippen LogP contribution < -0.4 is 5.32 Å². The maximum atomic E-state index is 10.9. The molecule has 0 aliphatic rings. The zero-order valence-corrected chi connectivity index (χ0v) is 8.76. The number of carbonyl (C=O) groups is 1. The van der Waals surface area contributed by atoms with Crippen LogP contribution in [0.3, 0.4) is 0 Å². The van der Waals surface area contributed by atoms with Crippen LogP contribution in [0.1, 0.15) is 16.7 Å². The third-order valence-electron chi connectivity index (χ3n) is 2.20. The lowest BCUT2D eigenvalue weighted by atomic mass is 10.0. The van der Waals surface area contributed by atoms with Crippen LogP contribution in [-0.4, -0.2) is 13.1 Å². The van der Waals surface area contributed by atoms with Crippen molar-refractivity contribution < 1.29 is 9.53 Å². The molecule has 76 valence electrons. The smallest absolute Gasteiger partial charge is 0.407 e. The SMILES string of the molecule is CNC(=O)OCc1c(C)cccc1C. The second-order valence-corrected chi connectivity index (χ2v) is 3.20. The summed E-state index contributed by atoms with van der Waals surface area (Å²) in [5.74, 6) is 0. The predicted octanol–water partition coefficient (Wildman–Crippen LogP) is 2.16. The average Bonchev–Trinajstić information content (AvgIpc) is 2.16. The van der Waals surface area contributed by atoms with Crippen molar-refractivity contribution >= 4 is 6.09 Å². The van der Waals surface area contributed by atoms with Crippen LogP contribution in [0, 0.1) is 13.8 Å². The van der Waals surface area contributed by atoms with Gasteiger partial charge in [-0.25, -0.2) is 4.79 Å². The Morgan fingerprint density at radius 2 is 1.93 bits per heavy atom. The molecular weight excluding hydrogens is 178 g/mol. The van der Waals surface area contributed by atoms with E-state index in [4.69, 9.17) is 4.74 Å². The Hall–Kier alpha value is -1.51. The summed E-state index contributed by atoms with van der Waals surface area (Å²) in [5.41, 5.74) is 3.37. The van der Waals surface area contributed by atoms with Crippen LogP contribution in [0.4, 0.5) is 4.79 Å². The fourth-order valence-electron chi connectivity index (χ4n) is 1.29. The van der Waals surface area contributed by atoms with Crippen molar-refractivity contribution in [1.29, 1.82) is 0 Å². The summed E-state index contributed by atoms with van der Waals surface area (Å²) in [6, 6.07) is 6.01. The lowest BCUT2D eigenvalue weighted by molar-refractivity contribution is 0.141. The Balaban J connectivity index is 2.71. The molecule has 1 N–H and O–H groups in total. The van der Waals surface area contributed by atoms with E-state index in [0.29, 0.717) is 6.61 Å². The molecule has 0 heterocycles. The van der Waals surface area contributed by atoms with Gasteiger partial charge in [0.05, 0.1) is 0 Å². The van der Waals surface area contributed by atoms with Gasteiger partial charge >= 0.3 is 6.09 Å². The minimum atomic E-state index is -0.396. The quantitative estimate of drug-likeness (QED) is 0.781. The predicted molar refractivity (Wildman–Crippen MR) is 55.2 cm³/mol. The molecule has 0 fully saturated rings. The van der Waals surface area contributed by atoms with E-state index in [1.807, 2.05) is 32.0 Å². The number of ether oxygens (including phenoxy) is 1. The molecule has 1 rings (SSSR count). The number of nitrogens with one attached hydrogen (secondary N) is 1. The Morgan fingerprint density at radius 1 is 1.36 bits per heavy atom. The van der Waals surface area contributed by atoms with Gasteiger partial charge in [-0.3, -0.25) is 0 Å². The summed E-state index contributed by atoms with van der Waals surface area (Å²) in [4.78, 5) is 10.9. The van der Waals surface area contributed by atoms with Gasteiger partial charge in [0.1, 0.15) is 6.61 Å². The first-order chi connectivity index (χ1) is 6.65. The molecule has 14 heavy (non-hydrogen) atoms. The second kappa shape index (κ2) is 4.65. The van der Waals surface area contributed by atoms with Gasteiger partial charge in [0.15, 0.2) is 0 Å². The maximum Gasteiger partial charge on any atom is 0.407 e. The topological polar surface area (TPSA) is 38.3 Å². The van der Waals surface area contributed by atoms with Crippen molar-refractivity contribution in [2.75, 3.05) is 7.05 Å². The van der Waals surface area contributed by atoms with Crippen molar-refractivity contribution in [1.82, 2.24) is 5.32 Å². The van der Waals surface area contributed by atoms with Gasteiger partial charge < -0.3 is 10.1 Å². The summed E-state index contributed by atoms with van der Waals surface area (Å²) >= 11 is 0. The largest absolute Gasteiger partial charge is 0.445 e. The van der Waals surface area contributed by atoms with Gasteiger partial charge in [-0.05, 0) is 30.5 Å². The molecule has 0 saturated heterocycles. The summed E-state index contributed by atoms with van der Waals surface area (Å²) in [7, 11) is 1.55. The number of hydrogen-bond acceptors (Lipinski definition) is 2. The summed E-state index contributed by atoms with van der Waals surface area (Å²) in [6.45, 7) is 4.35. The van der Waals surface area contributed by atoms with Crippen LogP contribution in [0.2, 0.25) is 0 Å². The van der Waals surface area contributed by atoms with Crippen LogP contribution in [0.5, 0.6) is 0 Å². The highest BCUT2D eigenvalue weighted by atomic mass is 16.5. The molecule has 0 aliphatic heterocycles. The van der Waals surface area contributed by atoms with Gasteiger partial charge in [-0.15, -0.1) is 0 Å². The fraction of sp³-hybridized carbons (Fsp3) is 0.364. The Labute approximate surface area is 84.1 Å². The van der Waals surface area contributed by atoms with E-state index < -0.39 is 6.09 Å². The Kier molecular flexibility index (Phi) is 3.51. The number of aryl methyl sites for hydroxylation is 2. The molecule has 0 aromatic heterocycles. The van der Waals surface area contributed by atoms with E-state index in [1.165, 1.54) is 0 Å². The van der Waals surface area contributed by atoms with Crippen LogP contribution in [0.15, 0.2) is 18.2 Å². The molecule has 0 spiro atoms. The zero-order chi connectivity index (χ0) is 10.6. The van der Waals surface area contributed by atoms with E-state index in [0.717, 1.165) is 16.7 Å². The summed E-state index contributed by atoms with van der Waals surface area (Å²) in [5, 5.41) is 2.41. The molecule has 0 bridgehead atoms. The third-order valence-corrected chi connectivity index (χ3v) is 2.20. The van der Waals surface area contributed by atoms with E-state index in [2.05, 4.69) is 5.32 Å². The van der Waals surface area contributed by atoms with Gasteiger partial charge in [0.2, 0.25) is 0 Å². The molecule has 0 atom stereocenters. The van der Waals surface area contributed by atoms with Crippen molar-refractivity contribution in [3.63, 3.8) is 0 Å². The molecule has 3 heteroatoms. The first-order valence-electron chi connectivity index (χ1n) is 4.54. The summed E-state index contributed by atoms with van der Waals surface area (Å²) < 4.78 is 4.99.